The minimum absolute atomic E-state index is 0.131. The summed E-state index contributed by atoms with van der Waals surface area (Å²) in [5.41, 5.74) is 3.74. The smallest absolute Gasteiger partial charge is 0.261 e. The summed E-state index contributed by atoms with van der Waals surface area (Å²) in [6.07, 6.45) is 6.85. The van der Waals surface area contributed by atoms with Crippen molar-refractivity contribution in [3.05, 3.63) is 58.6 Å². The molecule has 172 valence electrons. The summed E-state index contributed by atoms with van der Waals surface area (Å²) in [5.74, 6) is 0.131. The van der Waals surface area contributed by atoms with Crippen molar-refractivity contribution in [1.29, 1.82) is 0 Å². The van der Waals surface area contributed by atoms with Gasteiger partial charge in [-0.3, -0.25) is 4.79 Å². The monoisotopic (exact) mass is 506 g/mol. The van der Waals surface area contributed by atoms with Crippen LogP contribution in [0.1, 0.15) is 44.6 Å². The first-order valence-electron chi connectivity index (χ1n) is 12.3. The Morgan fingerprint density at radius 3 is 2.61 bits per heavy atom. The van der Waals surface area contributed by atoms with Crippen molar-refractivity contribution < 1.29 is 4.79 Å². The molecule has 2 aromatic rings. The van der Waals surface area contributed by atoms with Gasteiger partial charge < -0.3 is 9.80 Å². The van der Waals surface area contributed by atoms with Gasteiger partial charge in [0.2, 0.25) is 0 Å². The number of likely N-dealkylation sites (tertiary alicyclic amines) is 1. The zero-order valence-corrected chi connectivity index (χ0v) is 20.8. The van der Waals surface area contributed by atoms with Crippen molar-refractivity contribution in [1.82, 2.24) is 4.90 Å². The molecule has 4 aliphatic rings. The number of carbonyl (C=O) groups excluding carboxylic acids is 1. The highest BCUT2D eigenvalue weighted by Gasteiger charge is 2.60. The molecular weight excluding hydrogens is 476 g/mol. The molecule has 0 radical (unpaired) electrons. The van der Waals surface area contributed by atoms with Gasteiger partial charge in [-0.15, -0.1) is 0 Å². The van der Waals surface area contributed by atoms with Crippen molar-refractivity contribution in [2.24, 2.45) is 10.5 Å². The van der Waals surface area contributed by atoms with Gasteiger partial charge in [-0.05, 0) is 88.0 Å². The topological polar surface area (TPSA) is 39.2 Å². The number of nitrogens with zero attached hydrogens (tertiary/aromatic N) is 4. The molecule has 0 saturated carbocycles. The molecule has 2 aromatic carbocycles. The normalized spacial score (nSPS) is 29.8. The lowest BCUT2D eigenvalue weighted by Gasteiger charge is -2.54. The van der Waals surface area contributed by atoms with Crippen LogP contribution in [0.25, 0.3) is 0 Å². The largest absolute Gasteiger partial charge is 0.367 e. The van der Waals surface area contributed by atoms with Gasteiger partial charge in [0.1, 0.15) is 5.41 Å². The van der Waals surface area contributed by atoms with Gasteiger partial charge in [0.05, 0.1) is 17.4 Å². The summed E-state index contributed by atoms with van der Waals surface area (Å²) >= 11 is 3.67. The second-order valence-electron chi connectivity index (χ2n) is 10.0. The van der Waals surface area contributed by atoms with E-state index in [4.69, 9.17) is 5.10 Å². The van der Waals surface area contributed by atoms with Gasteiger partial charge >= 0.3 is 0 Å². The Morgan fingerprint density at radius 2 is 1.82 bits per heavy atom. The number of hydrazone groups is 1. The zero-order valence-electron chi connectivity index (χ0n) is 19.2. The maximum absolute atomic E-state index is 14.3. The molecule has 2 fully saturated rings. The Balaban J connectivity index is 1.43. The Bertz CT molecular complexity index is 1100. The Hall–Kier alpha value is -2.18. The lowest BCUT2D eigenvalue weighted by molar-refractivity contribution is -0.125. The van der Waals surface area contributed by atoms with Gasteiger partial charge in [0.25, 0.3) is 5.91 Å². The van der Waals surface area contributed by atoms with E-state index < -0.39 is 5.41 Å². The van der Waals surface area contributed by atoms with Crippen molar-refractivity contribution in [3.8, 4) is 0 Å². The third kappa shape index (κ3) is 3.36. The minimum Gasteiger partial charge on any atom is -0.367 e. The van der Waals surface area contributed by atoms with Crippen LogP contribution in [0, 0.1) is 5.41 Å². The molecule has 33 heavy (non-hydrogen) atoms. The first kappa shape index (κ1) is 21.4. The predicted octanol–water partition coefficient (Wildman–Crippen LogP) is 5.24. The molecule has 3 unspecified atom stereocenters. The Kier molecular flexibility index (Phi) is 5.33. The van der Waals surface area contributed by atoms with Crippen LogP contribution in [-0.4, -0.2) is 48.2 Å². The molecule has 0 bridgehead atoms. The summed E-state index contributed by atoms with van der Waals surface area (Å²) in [6, 6.07) is 17.2. The highest BCUT2D eigenvalue weighted by Crippen LogP contribution is 2.50. The molecule has 6 rings (SSSR count). The van der Waals surface area contributed by atoms with E-state index in [9.17, 15) is 4.79 Å². The van der Waals surface area contributed by atoms with Gasteiger partial charge in [-0.2, -0.15) is 10.1 Å². The summed E-state index contributed by atoms with van der Waals surface area (Å²) in [6.45, 7) is 5.47. The standard InChI is InChI=1S/C27H31BrN4O/c1-19-27(26(33)32(29-19)22-8-4-2-5-9-22)18-20-16-21(28)10-11-24(20)31-15-12-23(17-25(27)31)30-13-6-3-7-14-30/h2,4-5,8-11,16,23,25H,3,6-7,12-15,17-18H2,1H3. The Labute approximate surface area is 204 Å². The van der Waals surface area contributed by atoms with Gasteiger partial charge in [-0.1, -0.05) is 40.5 Å². The molecule has 0 N–H and O–H groups in total. The Morgan fingerprint density at radius 1 is 1.03 bits per heavy atom. The average Bonchev–Trinajstić information content (AvgIpc) is 3.10. The third-order valence-corrected chi connectivity index (χ3v) is 8.83. The average molecular weight is 507 g/mol. The number of piperidine rings is 2. The fourth-order valence-corrected chi connectivity index (χ4v) is 7.08. The summed E-state index contributed by atoms with van der Waals surface area (Å²) in [5, 5.41) is 6.56. The van der Waals surface area contributed by atoms with Crippen LogP contribution in [0.4, 0.5) is 11.4 Å². The van der Waals surface area contributed by atoms with Crippen LogP contribution in [0.2, 0.25) is 0 Å². The number of carbonyl (C=O) groups is 1. The number of fused-ring (bicyclic) bond motifs is 4. The van der Waals surface area contributed by atoms with E-state index in [2.05, 4.69) is 50.9 Å². The number of halogens is 1. The first-order chi connectivity index (χ1) is 16.1. The van der Waals surface area contributed by atoms with E-state index in [0.29, 0.717) is 12.5 Å². The van der Waals surface area contributed by atoms with Gasteiger partial charge in [0, 0.05) is 22.7 Å². The number of para-hydroxylation sites is 1. The maximum Gasteiger partial charge on any atom is 0.261 e. The van der Waals surface area contributed by atoms with Crippen molar-refractivity contribution in [3.63, 3.8) is 0 Å². The highest BCUT2D eigenvalue weighted by molar-refractivity contribution is 9.10. The van der Waals surface area contributed by atoms with Crippen LogP contribution in [0.15, 0.2) is 58.1 Å². The molecule has 4 aliphatic heterocycles. The van der Waals surface area contributed by atoms with Gasteiger partial charge in [-0.25, -0.2) is 0 Å². The van der Waals surface area contributed by atoms with E-state index in [1.54, 1.807) is 5.01 Å². The number of anilines is 2. The van der Waals surface area contributed by atoms with Crippen molar-refractivity contribution >= 4 is 38.9 Å². The SMILES string of the molecule is CC1=NN(c2ccccc2)C(=O)C12Cc1cc(Br)ccc1N1CCC(N3CCCCC3)CC12. The molecule has 0 aliphatic carbocycles. The second kappa shape index (κ2) is 8.24. The van der Waals surface area contributed by atoms with E-state index in [1.165, 1.54) is 43.6 Å². The third-order valence-electron chi connectivity index (χ3n) is 8.34. The van der Waals surface area contributed by atoms with E-state index >= 15 is 0 Å². The molecule has 4 heterocycles. The van der Waals surface area contributed by atoms with Crippen molar-refractivity contribution in [2.75, 3.05) is 29.5 Å². The van der Waals surface area contributed by atoms with Crippen molar-refractivity contribution in [2.45, 2.75) is 57.5 Å². The first-order valence-corrected chi connectivity index (χ1v) is 13.1. The fraction of sp³-hybridized carbons (Fsp3) is 0.481. The second-order valence-corrected chi connectivity index (χ2v) is 11.0. The molecular formula is C27H31BrN4O. The van der Waals surface area contributed by atoms with Crippen LogP contribution < -0.4 is 9.91 Å². The number of hydrogen-bond donors (Lipinski definition) is 0. The highest BCUT2D eigenvalue weighted by atomic mass is 79.9. The number of benzene rings is 2. The summed E-state index contributed by atoms with van der Waals surface area (Å²) in [7, 11) is 0. The van der Waals surface area contributed by atoms with Crippen LogP contribution in [0.3, 0.4) is 0 Å². The summed E-state index contributed by atoms with van der Waals surface area (Å²) in [4.78, 5) is 19.5. The lowest BCUT2D eigenvalue weighted by atomic mass is 9.65. The molecule has 0 aromatic heterocycles. The quantitative estimate of drug-likeness (QED) is 0.559. The zero-order chi connectivity index (χ0) is 22.6. The van der Waals surface area contributed by atoms with Gasteiger partial charge in [0.15, 0.2) is 0 Å². The van der Waals surface area contributed by atoms with E-state index in [-0.39, 0.29) is 11.9 Å². The lowest BCUT2D eigenvalue weighted by Crippen LogP contribution is -2.64. The summed E-state index contributed by atoms with van der Waals surface area (Å²) < 4.78 is 1.07. The number of hydrogen-bond acceptors (Lipinski definition) is 4. The van der Waals surface area contributed by atoms with Crippen LogP contribution in [0.5, 0.6) is 0 Å². The van der Waals surface area contributed by atoms with Crippen LogP contribution >= 0.6 is 15.9 Å². The van der Waals surface area contributed by atoms with E-state index in [1.807, 2.05) is 30.3 Å². The fourth-order valence-electron chi connectivity index (χ4n) is 6.67. The number of amides is 1. The molecule has 5 nitrogen and oxygen atoms in total. The molecule has 2 saturated heterocycles. The molecule has 1 amide bonds. The van der Waals surface area contributed by atoms with Crippen LogP contribution in [-0.2, 0) is 11.2 Å². The van der Waals surface area contributed by atoms with E-state index in [0.717, 1.165) is 35.3 Å². The predicted molar refractivity (Wildman–Crippen MR) is 137 cm³/mol. The molecule has 1 spiro atoms. The maximum atomic E-state index is 14.3. The molecule has 6 heteroatoms. The molecule has 3 atom stereocenters. The number of rotatable bonds is 2. The minimum atomic E-state index is -0.613.